The van der Waals surface area contributed by atoms with Gasteiger partial charge in [-0.25, -0.2) is 0 Å². The molecule has 0 saturated heterocycles. The zero-order valence-corrected chi connectivity index (χ0v) is 17.2. The first kappa shape index (κ1) is 20.7. The van der Waals surface area contributed by atoms with Crippen molar-refractivity contribution in [3.63, 3.8) is 0 Å². The Kier molecular flexibility index (Phi) is 7.47. The van der Waals surface area contributed by atoms with Gasteiger partial charge in [-0.3, -0.25) is 4.99 Å². The van der Waals surface area contributed by atoms with Crippen molar-refractivity contribution in [2.75, 3.05) is 27.2 Å². The Morgan fingerprint density at radius 3 is 2.52 bits per heavy atom. The van der Waals surface area contributed by atoms with Gasteiger partial charge in [0.2, 0.25) is 11.7 Å². The fourth-order valence-electron chi connectivity index (χ4n) is 2.81. The van der Waals surface area contributed by atoms with Crippen LogP contribution < -0.4 is 15.4 Å². The number of methoxy groups -OCH3 is 1. The molecule has 3 rings (SSSR count). The van der Waals surface area contributed by atoms with E-state index in [1.54, 1.807) is 26.3 Å². The Morgan fingerprint density at radius 2 is 1.79 bits per heavy atom. The number of nitrogens with zero attached hydrogens (tertiary/aromatic N) is 3. The Bertz CT molecular complexity index is 940. The predicted molar refractivity (Wildman–Crippen MR) is 115 cm³/mol. The van der Waals surface area contributed by atoms with Gasteiger partial charge in [0.05, 0.1) is 7.11 Å². The molecule has 0 aliphatic carbocycles. The molecule has 1 heterocycles. The molecule has 0 fully saturated rings. The van der Waals surface area contributed by atoms with Crippen molar-refractivity contribution in [2.45, 2.75) is 12.8 Å². The molecule has 0 spiro atoms. The molecular formula is C21H24ClN5O2. The highest BCUT2D eigenvalue weighted by Gasteiger charge is 2.09. The SMILES string of the molecule is CN=C(NCCc1nc(-c2ccc(Cl)cc2)no1)NCCc1ccccc1OC. The van der Waals surface area contributed by atoms with Crippen LogP contribution >= 0.6 is 11.6 Å². The summed E-state index contributed by atoms with van der Waals surface area (Å²) in [6.07, 6.45) is 1.42. The molecule has 152 valence electrons. The molecule has 0 aliphatic heterocycles. The summed E-state index contributed by atoms with van der Waals surface area (Å²) in [6.45, 7) is 1.36. The summed E-state index contributed by atoms with van der Waals surface area (Å²) in [7, 11) is 3.42. The summed E-state index contributed by atoms with van der Waals surface area (Å²) in [5.74, 6) is 2.73. The van der Waals surface area contributed by atoms with Crippen LogP contribution in [0, 0.1) is 0 Å². The zero-order chi connectivity index (χ0) is 20.5. The van der Waals surface area contributed by atoms with Crippen LogP contribution in [0.5, 0.6) is 5.75 Å². The number of hydrogen-bond donors (Lipinski definition) is 2. The average molecular weight is 414 g/mol. The van der Waals surface area contributed by atoms with Crippen LogP contribution in [0.15, 0.2) is 58.0 Å². The summed E-state index contributed by atoms with van der Waals surface area (Å²) < 4.78 is 10.7. The van der Waals surface area contributed by atoms with Crippen LogP contribution in [0.1, 0.15) is 11.5 Å². The van der Waals surface area contributed by atoms with Gasteiger partial charge in [-0.05, 0) is 42.3 Å². The van der Waals surface area contributed by atoms with Gasteiger partial charge in [0, 0.05) is 37.1 Å². The van der Waals surface area contributed by atoms with E-state index in [1.807, 2.05) is 30.3 Å². The molecule has 0 radical (unpaired) electrons. The third-order valence-electron chi connectivity index (χ3n) is 4.30. The van der Waals surface area contributed by atoms with Crippen LogP contribution in [-0.4, -0.2) is 43.3 Å². The molecule has 8 heteroatoms. The number of hydrogen-bond acceptors (Lipinski definition) is 5. The van der Waals surface area contributed by atoms with Crippen LogP contribution in [-0.2, 0) is 12.8 Å². The highest BCUT2D eigenvalue weighted by atomic mass is 35.5. The normalized spacial score (nSPS) is 11.3. The third-order valence-corrected chi connectivity index (χ3v) is 4.56. The molecule has 0 aliphatic rings. The summed E-state index contributed by atoms with van der Waals surface area (Å²) in [5.41, 5.74) is 2.02. The maximum atomic E-state index is 5.91. The van der Waals surface area contributed by atoms with Gasteiger partial charge in [-0.1, -0.05) is 35.0 Å². The molecular weight excluding hydrogens is 390 g/mol. The van der Waals surface area contributed by atoms with E-state index in [2.05, 4.69) is 31.8 Å². The fourth-order valence-corrected chi connectivity index (χ4v) is 2.93. The first-order valence-corrected chi connectivity index (χ1v) is 9.72. The van der Waals surface area contributed by atoms with Crippen molar-refractivity contribution < 1.29 is 9.26 Å². The molecule has 29 heavy (non-hydrogen) atoms. The molecule has 7 nitrogen and oxygen atoms in total. The number of rotatable bonds is 8. The number of aromatic nitrogens is 2. The number of aliphatic imine (C=N–C) groups is 1. The van der Waals surface area contributed by atoms with Crippen molar-refractivity contribution in [3.05, 3.63) is 65.0 Å². The van der Waals surface area contributed by atoms with Gasteiger partial charge < -0.3 is 19.9 Å². The minimum Gasteiger partial charge on any atom is -0.496 e. The number of benzene rings is 2. The van der Waals surface area contributed by atoms with Crippen LogP contribution in [0.3, 0.4) is 0 Å². The molecule has 0 amide bonds. The summed E-state index contributed by atoms with van der Waals surface area (Å²) >= 11 is 5.91. The van der Waals surface area contributed by atoms with E-state index in [1.165, 1.54) is 0 Å². The lowest BCUT2D eigenvalue weighted by Crippen LogP contribution is -2.39. The Morgan fingerprint density at radius 1 is 1.07 bits per heavy atom. The minimum absolute atomic E-state index is 0.552. The van der Waals surface area contributed by atoms with Gasteiger partial charge in [0.25, 0.3) is 0 Å². The van der Waals surface area contributed by atoms with Crippen molar-refractivity contribution in [1.29, 1.82) is 0 Å². The summed E-state index contributed by atoms with van der Waals surface area (Å²) in [6, 6.07) is 15.3. The molecule has 1 aromatic heterocycles. The van der Waals surface area contributed by atoms with Crippen molar-refractivity contribution >= 4 is 17.6 Å². The Hall–Kier alpha value is -3.06. The minimum atomic E-state index is 0.552. The number of halogens is 1. The molecule has 0 saturated carbocycles. The van der Waals surface area contributed by atoms with Gasteiger partial charge in [0.15, 0.2) is 5.96 Å². The van der Waals surface area contributed by atoms with Crippen molar-refractivity contribution in [2.24, 2.45) is 4.99 Å². The number of nitrogens with one attached hydrogen (secondary N) is 2. The van der Waals surface area contributed by atoms with E-state index in [-0.39, 0.29) is 0 Å². The number of ether oxygens (including phenoxy) is 1. The van der Waals surface area contributed by atoms with Gasteiger partial charge >= 0.3 is 0 Å². The fraction of sp³-hybridized carbons (Fsp3) is 0.286. The van der Waals surface area contributed by atoms with Gasteiger partial charge in [-0.15, -0.1) is 0 Å². The molecule has 2 N–H and O–H groups in total. The smallest absolute Gasteiger partial charge is 0.228 e. The van der Waals surface area contributed by atoms with E-state index in [4.69, 9.17) is 20.9 Å². The van der Waals surface area contributed by atoms with Crippen molar-refractivity contribution in [1.82, 2.24) is 20.8 Å². The second-order valence-electron chi connectivity index (χ2n) is 6.26. The standard InChI is InChI=1S/C21H24ClN5O2/c1-23-21(24-13-11-15-5-3-4-6-18(15)28-2)25-14-12-19-26-20(27-29-19)16-7-9-17(22)10-8-16/h3-10H,11-14H2,1-2H3,(H2,23,24,25). The second kappa shape index (κ2) is 10.5. The quantitative estimate of drug-likeness (QED) is 0.435. The molecule has 0 unspecified atom stereocenters. The summed E-state index contributed by atoms with van der Waals surface area (Å²) in [4.78, 5) is 8.66. The van der Waals surface area contributed by atoms with Gasteiger partial charge in [0.1, 0.15) is 5.75 Å². The zero-order valence-electron chi connectivity index (χ0n) is 16.5. The topological polar surface area (TPSA) is 84.6 Å². The lowest BCUT2D eigenvalue weighted by atomic mass is 10.1. The lowest BCUT2D eigenvalue weighted by Gasteiger charge is -2.12. The van der Waals surface area contributed by atoms with Gasteiger partial charge in [-0.2, -0.15) is 4.98 Å². The highest BCUT2D eigenvalue weighted by Crippen LogP contribution is 2.19. The van der Waals surface area contributed by atoms with Crippen LogP contribution in [0.4, 0.5) is 0 Å². The van der Waals surface area contributed by atoms with Crippen molar-refractivity contribution in [3.8, 4) is 17.1 Å². The monoisotopic (exact) mass is 413 g/mol. The number of para-hydroxylation sites is 1. The van der Waals surface area contributed by atoms with E-state index in [9.17, 15) is 0 Å². The van der Waals surface area contributed by atoms with E-state index in [0.717, 1.165) is 35.8 Å². The second-order valence-corrected chi connectivity index (χ2v) is 6.69. The maximum absolute atomic E-state index is 5.91. The maximum Gasteiger partial charge on any atom is 0.228 e. The first-order valence-electron chi connectivity index (χ1n) is 9.34. The molecule has 0 atom stereocenters. The molecule has 2 aromatic carbocycles. The predicted octanol–water partition coefficient (Wildman–Crippen LogP) is 3.35. The Balaban J connectivity index is 1.44. The Labute approximate surface area is 175 Å². The third kappa shape index (κ3) is 5.96. The number of guanidine groups is 1. The van der Waals surface area contributed by atoms with E-state index < -0.39 is 0 Å². The van der Waals surface area contributed by atoms with E-state index in [0.29, 0.717) is 29.7 Å². The largest absolute Gasteiger partial charge is 0.496 e. The highest BCUT2D eigenvalue weighted by molar-refractivity contribution is 6.30. The van der Waals surface area contributed by atoms with Crippen LogP contribution in [0.2, 0.25) is 5.02 Å². The summed E-state index contributed by atoms with van der Waals surface area (Å²) in [5, 5.41) is 11.2. The molecule has 0 bridgehead atoms. The molecule has 3 aromatic rings. The lowest BCUT2D eigenvalue weighted by molar-refractivity contribution is 0.378. The van der Waals surface area contributed by atoms with E-state index >= 15 is 0 Å². The first-order chi connectivity index (χ1) is 14.2. The average Bonchev–Trinajstić information content (AvgIpc) is 3.22. The van der Waals surface area contributed by atoms with Crippen LogP contribution in [0.25, 0.3) is 11.4 Å².